The van der Waals surface area contributed by atoms with Crippen molar-refractivity contribution in [1.29, 1.82) is 0 Å². The van der Waals surface area contributed by atoms with Crippen LogP contribution in [0.4, 0.5) is 0 Å². The van der Waals surface area contributed by atoms with Crippen molar-refractivity contribution in [3.05, 3.63) is 34.9 Å². The second-order valence-corrected chi connectivity index (χ2v) is 8.18. The lowest BCUT2D eigenvalue weighted by Gasteiger charge is -2.26. The van der Waals surface area contributed by atoms with E-state index in [4.69, 9.17) is 11.6 Å². The van der Waals surface area contributed by atoms with E-state index >= 15 is 0 Å². The second-order valence-electron chi connectivity index (χ2n) is 5.99. The predicted octanol–water partition coefficient (Wildman–Crippen LogP) is 1.99. The fraction of sp³-hybridized carbons (Fsp3) is 0.533. The van der Waals surface area contributed by atoms with Crippen LogP contribution in [-0.4, -0.2) is 46.3 Å². The Bertz CT molecular complexity index is 651. The maximum atomic E-state index is 11.3. The summed E-state index contributed by atoms with van der Waals surface area (Å²) in [6.07, 6.45) is 1.96. The van der Waals surface area contributed by atoms with Crippen molar-refractivity contribution in [2.75, 3.05) is 26.4 Å². The van der Waals surface area contributed by atoms with Gasteiger partial charge in [0.15, 0.2) is 5.96 Å². The summed E-state index contributed by atoms with van der Waals surface area (Å²) in [5.74, 6) is 0.621. The van der Waals surface area contributed by atoms with E-state index < -0.39 is 15.6 Å². The Kier molecular flexibility index (Phi) is 10.2. The minimum atomic E-state index is -3.26. The van der Waals surface area contributed by atoms with Crippen LogP contribution in [0.1, 0.15) is 19.4 Å². The first-order valence-corrected chi connectivity index (χ1v) is 9.56. The molecule has 1 aromatic rings. The summed E-state index contributed by atoms with van der Waals surface area (Å²) in [6.45, 7) is 4.72. The van der Waals surface area contributed by atoms with Gasteiger partial charge >= 0.3 is 0 Å². The number of benzene rings is 1. The summed E-state index contributed by atoms with van der Waals surface area (Å²) in [4.78, 5) is 4.13. The van der Waals surface area contributed by atoms with Crippen LogP contribution in [0, 0.1) is 0 Å². The van der Waals surface area contributed by atoms with Crippen molar-refractivity contribution in [1.82, 2.24) is 15.4 Å². The molecule has 0 saturated carbocycles. The number of sulfonamides is 1. The van der Waals surface area contributed by atoms with Crippen LogP contribution in [0.15, 0.2) is 29.3 Å². The van der Waals surface area contributed by atoms with Crippen molar-refractivity contribution in [3.8, 4) is 0 Å². The molecule has 9 heteroatoms. The minimum Gasteiger partial charge on any atom is -0.356 e. The molecular formula is C15H26ClIN4O2S. The first kappa shape index (κ1) is 23.4. The Hall–Kier alpha value is -0.580. The molecule has 0 aromatic heterocycles. The molecule has 1 aromatic carbocycles. The molecular weight excluding hydrogens is 463 g/mol. The molecule has 0 radical (unpaired) electrons. The fourth-order valence-corrected chi connectivity index (χ4v) is 3.37. The summed E-state index contributed by atoms with van der Waals surface area (Å²) in [5, 5.41) is 7.03. The van der Waals surface area contributed by atoms with Gasteiger partial charge in [0, 0.05) is 30.7 Å². The first-order chi connectivity index (χ1) is 10.6. The van der Waals surface area contributed by atoms with E-state index in [1.807, 2.05) is 24.3 Å². The van der Waals surface area contributed by atoms with Gasteiger partial charge < -0.3 is 10.6 Å². The van der Waals surface area contributed by atoms with Crippen LogP contribution < -0.4 is 15.4 Å². The van der Waals surface area contributed by atoms with Gasteiger partial charge in [-0.25, -0.2) is 13.1 Å². The Labute approximate surface area is 166 Å². The normalized spacial score (nSPS) is 12.5. The molecule has 1 rings (SSSR count). The number of nitrogens with one attached hydrogen (secondary N) is 3. The third-order valence-corrected chi connectivity index (χ3v) is 4.14. The van der Waals surface area contributed by atoms with Crippen molar-refractivity contribution in [2.24, 2.45) is 4.99 Å². The summed E-state index contributed by atoms with van der Waals surface area (Å²) in [6, 6.07) is 7.71. The number of guanidine groups is 1. The highest BCUT2D eigenvalue weighted by atomic mass is 127. The Morgan fingerprint density at radius 1 is 1.29 bits per heavy atom. The highest BCUT2D eigenvalue weighted by Crippen LogP contribution is 2.10. The summed E-state index contributed by atoms with van der Waals surface area (Å²) in [5.41, 5.74) is 0.526. The van der Waals surface area contributed by atoms with Crippen LogP contribution in [0.5, 0.6) is 0 Å². The van der Waals surface area contributed by atoms with E-state index in [1.54, 1.807) is 20.9 Å². The zero-order chi connectivity index (χ0) is 17.5. The Balaban J connectivity index is 0.00000529. The van der Waals surface area contributed by atoms with Gasteiger partial charge in [-0.3, -0.25) is 4.99 Å². The number of rotatable bonds is 7. The van der Waals surface area contributed by atoms with E-state index in [2.05, 4.69) is 20.3 Å². The monoisotopic (exact) mass is 488 g/mol. The zero-order valence-electron chi connectivity index (χ0n) is 14.4. The summed E-state index contributed by atoms with van der Waals surface area (Å²) < 4.78 is 25.2. The van der Waals surface area contributed by atoms with Gasteiger partial charge in [-0.1, -0.05) is 23.7 Å². The van der Waals surface area contributed by atoms with E-state index in [-0.39, 0.29) is 24.0 Å². The lowest BCUT2D eigenvalue weighted by atomic mass is 10.1. The van der Waals surface area contributed by atoms with Gasteiger partial charge in [-0.05, 0) is 38.0 Å². The average molecular weight is 489 g/mol. The lowest BCUT2D eigenvalue weighted by Crippen LogP contribution is -2.53. The fourth-order valence-electron chi connectivity index (χ4n) is 2.08. The lowest BCUT2D eigenvalue weighted by molar-refractivity contribution is 0.446. The van der Waals surface area contributed by atoms with Crippen molar-refractivity contribution in [2.45, 2.75) is 25.8 Å². The Morgan fingerprint density at radius 3 is 2.50 bits per heavy atom. The standard InChI is InChI=1S/C15H25ClN4O2S.HI/c1-15(2,20-23(4,21)22)11-19-14(17-3)18-9-8-12-6-5-7-13(16)10-12;/h5-7,10,20H,8-9,11H2,1-4H3,(H2,17,18,19);1H. The largest absolute Gasteiger partial charge is 0.356 e. The van der Waals surface area contributed by atoms with Gasteiger partial charge in [0.05, 0.1) is 6.26 Å². The molecule has 6 nitrogen and oxygen atoms in total. The van der Waals surface area contributed by atoms with Crippen LogP contribution in [0.2, 0.25) is 5.02 Å². The first-order valence-electron chi connectivity index (χ1n) is 7.29. The van der Waals surface area contributed by atoms with Crippen LogP contribution >= 0.6 is 35.6 Å². The molecule has 3 N–H and O–H groups in total. The molecule has 0 aliphatic heterocycles. The van der Waals surface area contributed by atoms with E-state index in [0.29, 0.717) is 19.0 Å². The average Bonchev–Trinajstić information content (AvgIpc) is 2.40. The van der Waals surface area contributed by atoms with Crippen molar-refractivity contribution in [3.63, 3.8) is 0 Å². The SMILES string of the molecule is CN=C(NCCc1cccc(Cl)c1)NCC(C)(C)NS(C)(=O)=O.I. The molecule has 0 aliphatic carbocycles. The van der Waals surface area contributed by atoms with Crippen LogP contribution in [0.25, 0.3) is 0 Å². The van der Waals surface area contributed by atoms with Crippen LogP contribution in [-0.2, 0) is 16.4 Å². The minimum absolute atomic E-state index is 0. The molecule has 24 heavy (non-hydrogen) atoms. The van der Waals surface area contributed by atoms with Gasteiger partial charge in [-0.15, -0.1) is 24.0 Å². The van der Waals surface area contributed by atoms with Gasteiger partial charge in [0.2, 0.25) is 10.0 Å². The molecule has 0 saturated heterocycles. The van der Waals surface area contributed by atoms with E-state index in [0.717, 1.165) is 23.3 Å². The molecule has 138 valence electrons. The smallest absolute Gasteiger partial charge is 0.209 e. The predicted molar refractivity (Wildman–Crippen MR) is 112 cm³/mol. The highest BCUT2D eigenvalue weighted by molar-refractivity contribution is 14.0. The van der Waals surface area contributed by atoms with Gasteiger partial charge in [-0.2, -0.15) is 0 Å². The number of hydrogen-bond acceptors (Lipinski definition) is 3. The number of aliphatic imine (C=N–C) groups is 1. The molecule has 0 heterocycles. The zero-order valence-corrected chi connectivity index (χ0v) is 18.3. The van der Waals surface area contributed by atoms with Gasteiger partial charge in [0.1, 0.15) is 0 Å². The molecule has 0 spiro atoms. The van der Waals surface area contributed by atoms with E-state index in [1.165, 1.54) is 0 Å². The van der Waals surface area contributed by atoms with Gasteiger partial charge in [0.25, 0.3) is 0 Å². The third-order valence-electron chi connectivity index (χ3n) is 2.98. The Morgan fingerprint density at radius 2 is 1.96 bits per heavy atom. The molecule has 0 atom stereocenters. The van der Waals surface area contributed by atoms with Crippen molar-refractivity contribution >= 4 is 51.6 Å². The molecule has 0 amide bonds. The maximum Gasteiger partial charge on any atom is 0.209 e. The third kappa shape index (κ3) is 10.3. The number of halogens is 2. The van der Waals surface area contributed by atoms with Crippen molar-refractivity contribution < 1.29 is 8.42 Å². The number of hydrogen-bond donors (Lipinski definition) is 3. The topological polar surface area (TPSA) is 82.6 Å². The molecule has 0 unspecified atom stereocenters. The quantitative estimate of drug-likeness (QED) is 0.311. The molecule has 0 aliphatic rings. The second kappa shape index (κ2) is 10.4. The summed E-state index contributed by atoms with van der Waals surface area (Å²) in [7, 11) is -1.58. The van der Waals surface area contributed by atoms with E-state index in [9.17, 15) is 8.42 Å². The number of nitrogens with zero attached hydrogens (tertiary/aromatic N) is 1. The summed E-state index contributed by atoms with van der Waals surface area (Å²) >= 11 is 5.95. The molecule has 0 bridgehead atoms. The highest BCUT2D eigenvalue weighted by Gasteiger charge is 2.22. The molecule has 0 fully saturated rings. The van der Waals surface area contributed by atoms with Crippen LogP contribution in [0.3, 0.4) is 0 Å². The maximum absolute atomic E-state index is 11.3.